The second kappa shape index (κ2) is 8.58. The first kappa shape index (κ1) is 21.0. The molecular formula is C24H19FN8O. The average molecular weight is 454 g/mol. The van der Waals surface area contributed by atoms with Crippen molar-refractivity contribution >= 4 is 28.7 Å². The van der Waals surface area contributed by atoms with Crippen molar-refractivity contribution < 1.29 is 9.18 Å². The molecule has 9 nitrogen and oxygen atoms in total. The fourth-order valence-corrected chi connectivity index (χ4v) is 3.54. The van der Waals surface area contributed by atoms with Gasteiger partial charge in [-0.3, -0.25) is 14.6 Å². The molecule has 0 atom stereocenters. The van der Waals surface area contributed by atoms with Crippen LogP contribution in [0, 0.1) is 11.2 Å². The number of nitrogens with zero attached hydrogens (tertiary/aromatic N) is 5. The van der Waals surface area contributed by atoms with E-state index in [1.54, 1.807) is 36.0 Å². The van der Waals surface area contributed by atoms with Crippen molar-refractivity contribution in [3.8, 4) is 22.6 Å². The number of anilines is 1. The first-order chi connectivity index (χ1) is 16.5. The summed E-state index contributed by atoms with van der Waals surface area (Å²) in [5.74, 6) is -0.638. The van der Waals surface area contributed by atoms with Crippen LogP contribution in [0.25, 0.3) is 33.9 Å². The number of carbonyl (C=O) groups excluding carboxylic acids is 1. The minimum Gasteiger partial charge on any atom is -0.394 e. The van der Waals surface area contributed by atoms with Crippen LogP contribution in [0.3, 0.4) is 0 Å². The van der Waals surface area contributed by atoms with Crippen molar-refractivity contribution in [3.05, 3.63) is 85.1 Å². The summed E-state index contributed by atoms with van der Waals surface area (Å²) in [5, 5.41) is 17.8. The van der Waals surface area contributed by atoms with Crippen LogP contribution in [0.4, 0.5) is 10.2 Å². The predicted molar refractivity (Wildman–Crippen MR) is 127 cm³/mol. The molecule has 10 heteroatoms. The van der Waals surface area contributed by atoms with Gasteiger partial charge >= 0.3 is 0 Å². The molecule has 5 rings (SSSR count). The highest BCUT2D eigenvalue weighted by atomic mass is 19.1. The number of nitrogens with one attached hydrogen (secondary N) is 3. The smallest absolute Gasteiger partial charge is 0.274 e. The monoisotopic (exact) mass is 454 g/mol. The molecule has 0 bridgehead atoms. The first-order valence-corrected chi connectivity index (χ1v) is 10.4. The molecular weight excluding hydrogens is 435 g/mol. The zero-order chi connectivity index (χ0) is 23.7. The Morgan fingerprint density at radius 1 is 1.06 bits per heavy atom. The average Bonchev–Trinajstić information content (AvgIpc) is 3.43. The largest absolute Gasteiger partial charge is 0.394 e. The molecule has 1 aromatic carbocycles. The maximum Gasteiger partial charge on any atom is 0.274 e. The molecule has 168 valence electrons. The third-order valence-electron chi connectivity index (χ3n) is 5.11. The van der Waals surface area contributed by atoms with E-state index in [1.165, 1.54) is 24.4 Å². The van der Waals surface area contributed by atoms with E-state index in [4.69, 9.17) is 10.4 Å². The second-order valence-electron chi connectivity index (χ2n) is 7.38. The minimum atomic E-state index is -0.587. The topological polar surface area (TPSA) is 112 Å². The molecule has 4 aromatic heterocycles. The summed E-state index contributed by atoms with van der Waals surface area (Å²) < 4.78 is 17.0. The molecule has 3 N–H and O–H groups in total. The number of hydrogen-bond acceptors (Lipinski definition) is 6. The molecule has 34 heavy (non-hydrogen) atoms. The zero-order valence-electron chi connectivity index (χ0n) is 18.0. The maximum absolute atomic E-state index is 13.5. The van der Waals surface area contributed by atoms with Gasteiger partial charge in [-0.25, -0.2) is 18.9 Å². The number of aromatic nitrogens is 5. The number of fused-ring (bicyclic) bond motifs is 2. The number of pyridine rings is 1. The van der Waals surface area contributed by atoms with Gasteiger partial charge in [-0.2, -0.15) is 5.10 Å². The van der Waals surface area contributed by atoms with Crippen LogP contribution >= 0.6 is 0 Å². The molecule has 0 spiro atoms. The Labute approximate surface area is 193 Å². The Balaban J connectivity index is 1.56. The summed E-state index contributed by atoms with van der Waals surface area (Å²) in [5.41, 5.74) is 3.81. The maximum atomic E-state index is 13.5. The van der Waals surface area contributed by atoms with Crippen molar-refractivity contribution in [2.24, 2.45) is 0 Å². The first-order valence-electron chi connectivity index (χ1n) is 10.4. The summed E-state index contributed by atoms with van der Waals surface area (Å²) in [4.78, 5) is 21.3. The molecule has 0 aliphatic rings. The van der Waals surface area contributed by atoms with E-state index in [9.17, 15) is 9.18 Å². The van der Waals surface area contributed by atoms with Crippen LogP contribution in [0.1, 0.15) is 0 Å². The molecule has 0 unspecified atom stereocenters. The van der Waals surface area contributed by atoms with Gasteiger partial charge in [0.2, 0.25) is 0 Å². The fourth-order valence-electron chi connectivity index (χ4n) is 3.54. The predicted octanol–water partition coefficient (Wildman–Crippen LogP) is 3.54. The molecule has 0 saturated heterocycles. The number of halogens is 1. The molecule has 0 fully saturated rings. The van der Waals surface area contributed by atoms with Gasteiger partial charge in [-0.05, 0) is 60.8 Å². The lowest BCUT2D eigenvalue weighted by Crippen LogP contribution is -2.20. The zero-order valence-corrected chi connectivity index (χ0v) is 18.0. The SMILES string of the molecule is CN/C=C\C(=N)C(=O)Nc1cn2nc(-c3c(-c4ccc(F)cc4)nc4ccccn34)ccc2n1. The van der Waals surface area contributed by atoms with E-state index in [1.807, 2.05) is 34.9 Å². The molecule has 0 aliphatic carbocycles. The van der Waals surface area contributed by atoms with Gasteiger partial charge in [0.05, 0.1) is 11.9 Å². The Bertz CT molecular complexity index is 1570. The number of hydrogen-bond donors (Lipinski definition) is 3. The lowest BCUT2D eigenvalue weighted by molar-refractivity contribution is -0.110. The van der Waals surface area contributed by atoms with Gasteiger partial charge in [0.25, 0.3) is 5.91 Å². The number of benzene rings is 1. The van der Waals surface area contributed by atoms with Crippen LogP contribution in [0.15, 0.2) is 79.3 Å². The van der Waals surface area contributed by atoms with Gasteiger partial charge in [-0.15, -0.1) is 0 Å². The van der Waals surface area contributed by atoms with Crippen LogP contribution in [0.2, 0.25) is 0 Å². The third kappa shape index (κ3) is 3.88. The lowest BCUT2D eigenvalue weighted by Gasteiger charge is -2.05. The molecule has 1 amide bonds. The van der Waals surface area contributed by atoms with Gasteiger partial charge in [0.15, 0.2) is 11.5 Å². The quantitative estimate of drug-likeness (QED) is 0.340. The van der Waals surface area contributed by atoms with Crippen LogP contribution < -0.4 is 10.6 Å². The Morgan fingerprint density at radius 3 is 2.68 bits per heavy atom. The lowest BCUT2D eigenvalue weighted by atomic mass is 10.1. The summed E-state index contributed by atoms with van der Waals surface area (Å²) in [6.07, 6.45) is 6.31. The highest BCUT2D eigenvalue weighted by molar-refractivity contribution is 6.45. The van der Waals surface area contributed by atoms with Gasteiger partial charge in [0.1, 0.15) is 28.6 Å². The van der Waals surface area contributed by atoms with Crippen LogP contribution in [-0.4, -0.2) is 42.6 Å². The highest BCUT2D eigenvalue weighted by Gasteiger charge is 2.18. The molecule has 0 saturated carbocycles. The van der Waals surface area contributed by atoms with E-state index < -0.39 is 5.91 Å². The summed E-state index contributed by atoms with van der Waals surface area (Å²) in [7, 11) is 1.68. The molecule has 4 heterocycles. The van der Waals surface area contributed by atoms with E-state index in [-0.39, 0.29) is 17.3 Å². The molecule has 0 radical (unpaired) electrons. The summed E-state index contributed by atoms with van der Waals surface area (Å²) in [6.45, 7) is 0. The number of imidazole rings is 2. The van der Waals surface area contributed by atoms with Crippen molar-refractivity contribution in [2.45, 2.75) is 0 Å². The van der Waals surface area contributed by atoms with Crippen molar-refractivity contribution in [1.82, 2.24) is 29.3 Å². The van der Waals surface area contributed by atoms with Gasteiger partial charge in [0, 0.05) is 18.8 Å². The fraction of sp³-hybridized carbons (Fsp3) is 0.0417. The highest BCUT2D eigenvalue weighted by Crippen LogP contribution is 2.32. The number of rotatable bonds is 6. The molecule has 5 aromatic rings. The molecule has 0 aliphatic heterocycles. The minimum absolute atomic E-state index is 0.213. The standard InChI is InChI=1S/C24H19FN8O/c1-27-12-11-17(26)24(34)29-19-14-33-21(28-19)10-9-18(31-33)23-22(15-5-7-16(25)8-6-15)30-20-4-2-3-13-32(20)23/h2-14,26-27H,1H3,(H,29,34)/b12-11-,26-17?. The van der Waals surface area contributed by atoms with Crippen molar-refractivity contribution in [3.63, 3.8) is 0 Å². The van der Waals surface area contributed by atoms with Gasteiger partial charge in [-0.1, -0.05) is 6.07 Å². The van der Waals surface area contributed by atoms with E-state index >= 15 is 0 Å². The van der Waals surface area contributed by atoms with E-state index in [0.717, 1.165) is 16.9 Å². The van der Waals surface area contributed by atoms with E-state index in [2.05, 4.69) is 20.7 Å². The summed E-state index contributed by atoms with van der Waals surface area (Å²) in [6, 6.07) is 15.4. The number of amides is 1. The van der Waals surface area contributed by atoms with E-state index in [0.29, 0.717) is 17.0 Å². The Kier molecular flexibility index (Phi) is 5.30. The Morgan fingerprint density at radius 2 is 1.88 bits per heavy atom. The van der Waals surface area contributed by atoms with Gasteiger partial charge < -0.3 is 10.6 Å². The van der Waals surface area contributed by atoms with Crippen molar-refractivity contribution in [2.75, 3.05) is 12.4 Å². The third-order valence-corrected chi connectivity index (χ3v) is 5.11. The second-order valence-corrected chi connectivity index (χ2v) is 7.38. The summed E-state index contributed by atoms with van der Waals surface area (Å²) >= 11 is 0. The Hall–Kier alpha value is -4.86. The van der Waals surface area contributed by atoms with Crippen LogP contribution in [-0.2, 0) is 4.79 Å². The normalized spacial score (nSPS) is 11.4. The van der Waals surface area contributed by atoms with Crippen molar-refractivity contribution in [1.29, 1.82) is 5.41 Å². The van der Waals surface area contributed by atoms with Crippen LogP contribution in [0.5, 0.6) is 0 Å². The number of carbonyl (C=O) groups is 1.